The Morgan fingerprint density at radius 2 is 1.97 bits per heavy atom. The molecule has 1 aliphatic heterocycles. The lowest BCUT2D eigenvalue weighted by atomic mass is 10.0. The number of anilines is 1. The van der Waals surface area contributed by atoms with Crippen molar-refractivity contribution in [3.05, 3.63) is 26.4 Å². The summed E-state index contributed by atoms with van der Waals surface area (Å²) in [5.74, 6) is 0.195. The van der Waals surface area contributed by atoms with Crippen LogP contribution in [-0.4, -0.2) is 58.9 Å². The molecule has 6 nitrogen and oxygen atoms in total. The van der Waals surface area contributed by atoms with Crippen molar-refractivity contribution in [2.45, 2.75) is 57.3 Å². The van der Waals surface area contributed by atoms with Crippen molar-refractivity contribution in [1.29, 1.82) is 0 Å². The van der Waals surface area contributed by atoms with Crippen LogP contribution in [0, 0.1) is 13.8 Å². The summed E-state index contributed by atoms with van der Waals surface area (Å²) in [7, 11) is 0. The van der Waals surface area contributed by atoms with E-state index in [1.807, 2.05) is 19.9 Å². The van der Waals surface area contributed by atoms with Crippen LogP contribution in [-0.2, 0) is 0 Å². The van der Waals surface area contributed by atoms with E-state index in [2.05, 4.69) is 20.8 Å². The smallest absolute Gasteiger partial charge is 0.310 e. The van der Waals surface area contributed by atoms with Gasteiger partial charge in [-0.3, -0.25) is 15.0 Å². The predicted octanol–water partition coefficient (Wildman–Crippen LogP) is 3.94. The van der Waals surface area contributed by atoms with Gasteiger partial charge in [-0.1, -0.05) is 11.3 Å². The summed E-state index contributed by atoms with van der Waals surface area (Å²) in [6.07, 6.45) is -1.66. The number of nitrogens with one attached hydrogen (secondary N) is 2. The van der Waals surface area contributed by atoms with Gasteiger partial charge in [-0.25, -0.2) is 0 Å². The van der Waals surface area contributed by atoms with Crippen molar-refractivity contribution in [1.82, 2.24) is 20.4 Å². The van der Waals surface area contributed by atoms with E-state index in [0.717, 1.165) is 29.1 Å². The lowest BCUT2D eigenvalue weighted by molar-refractivity contribution is -0.148. The second kappa shape index (κ2) is 8.52. The average molecular weight is 460 g/mol. The van der Waals surface area contributed by atoms with E-state index in [4.69, 9.17) is 0 Å². The molecule has 3 heterocycles. The van der Waals surface area contributed by atoms with Gasteiger partial charge >= 0.3 is 6.18 Å². The van der Waals surface area contributed by atoms with Crippen molar-refractivity contribution >= 4 is 33.7 Å². The first-order valence-corrected chi connectivity index (χ1v) is 11.6. The highest BCUT2D eigenvalue weighted by Crippen LogP contribution is 2.45. The molecular formula is C19H24F3N5OS2. The number of aryl methyl sites for hydroxylation is 2. The summed E-state index contributed by atoms with van der Waals surface area (Å²) in [6.45, 7) is 3.91. The van der Waals surface area contributed by atoms with Crippen LogP contribution in [0.2, 0.25) is 0 Å². The molecule has 4 rings (SSSR count). The SMILES string of the molecule is Cc1nnc(NC(=O)c2cc(C3CC3NC3CCN(CC(F)(F)F)CC3)sc2C)s1. The van der Waals surface area contributed by atoms with Crippen LogP contribution in [0.3, 0.4) is 0 Å². The molecule has 11 heteroatoms. The van der Waals surface area contributed by atoms with E-state index in [1.165, 1.54) is 21.1 Å². The third-order valence-corrected chi connectivity index (χ3v) is 7.46. The maximum atomic E-state index is 12.6. The molecule has 0 spiro atoms. The molecule has 2 unspecified atom stereocenters. The van der Waals surface area contributed by atoms with Crippen LogP contribution in [0.1, 0.15) is 50.3 Å². The third kappa shape index (κ3) is 5.37. The Balaban J connectivity index is 1.28. The highest BCUT2D eigenvalue weighted by molar-refractivity contribution is 7.15. The second-order valence-electron chi connectivity index (χ2n) is 7.98. The summed E-state index contributed by atoms with van der Waals surface area (Å²) >= 11 is 2.97. The van der Waals surface area contributed by atoms with Gasteiger partial charge in [-0.2, -0.15) is 13.2 Å². The molecule has 0 aromatic carbocycles. The summed E-state index contributed by atoms with van der Waals surface area (Å²) < 4.78 is 37.6. The number of nitrogens with zero attached hydrogens (tertiary/aromatic N) is 3. The fourth-order valence-electron chi connectivity index (χ4n) is 3.93. The van der Waals surface area contributed by atoms with Gasteiger partial charge < -0.3 is 5.32 Å². The highest BCUT2D eigenvalue weighted by atomic mass is 32.1. The van der Waals surface area contributed by atoms with E-state index in [1.54, 1.807) is 11.3 Å². The predicted molar refractivity (Wildman–Crippen MR) is 111 cm³/mol. The van der Waals surface area contributed by atoms with Crippen molar-refractivity contribution in [2.24, 2.45) is 0 Å². The number of hydrogen-bond donors (Lipinski definition) is 2. The first kappa shape index (κ1) is 21.7. The van der Waals surface area contributed by atoms with Crippen molar-refractivity contribution < 1.29 is 18.0 Å². The van der Waals surface area contributed by atoms with Gasteiger partial charge in [-0.05, 0) is 52.3 Å². The maximum Gasteiger partial charge on any atom is 0.401 e. The number of carbonyl (C=O) groups excluding carboxylic acids is 1. The number of aromatic nitrogens is 2. The van der Waals surface area contributed by atoms with Crippen LogP contribution in [0.15, 0.2) is 6.07 Å². The van der Waals surface area contributed by atoms with Crippen LogP contribution >= 0.6 is 22.7 Å². The first-order valence-electron chi connectivity index (χ1n) is 9.95. The van der Waals surface area contributed by atoms with Crippen molar-refractivity contribution in [2.75, 3.05) is 25.0 Å². The normalized spacial score (nSPS) is 23.0. The Labute approximate surface area is 180 Å². The van der Waals surface area contributed by atoms with Gasteiger partial charge in [0.25, 0.3) is 5.91 Å². The fourth-order valence-corrected chi connectivity index (χ4v) is 5.72. The van der Waals surface area contributed by atoms with E-state index < -0.39 is 12.7 Å². The Hall–Kier alpha value is -1.56. The molecule has 0 radical (unpaired) electrons. The average Bonchev–Trinajstić information content (AvgIpc) is 3.12. The molecule has 1 amide bonds. The number of halogens is 3. The van der Waals surface area contributed by atoms with Gasteiger partial charge in [0, 0.05) is 27.8 Å². The van der Waals surface area contributed by atoms with Gasteiger partial charge in [0.05, 0.1) is 12.1 Å². The number of thiophene rings is 1. The van der Waals surface area contributed by atoms with Crippen LogP contribution in [0.5, 0.6) is 0 Å². The summed E-state index contributed by atoms with van der Waals surface area (Å²) in [6, 6.07) is 2.56. The van der Waals surface area contributed by atoms with Gasteiger partial charge in [-0.15, -0.1) is 21.5 Å². The number of alkyl halides is 3. The highest BCUT2D eigenvalue weighted by Gasteiger charge is 2.42. The number of hydrogen-bond acceptors (Lipinski definition) is 7. The summed E-state index contributed by atoms with van der Waals surface area (Å²) in [5.41, 5.74) is 0.661. The molecule has 1 aliphatic carbocycles. The minimum absolute atomic E-state index is 0.173. The van der Waals surface area contributed by atoms with Gasteiger partial charge in [0.15, 0.2) is 0 Å². The molecule has 2 aromatic rings. The van der Waals surface area contributed by atoms with Crippen molar-refractivity contribution in [3.63, 3.8) is 0 Å². The number of piperidine rings is 1. The molecule has 2 atom stereocenters. The standard InChI is InChI=1S/C19H24F3N5OS2/c1-10-13(17(28)24-18-26-25-11(2)30-18)8-16(29-10)14-7-15(14)23-12-3-5-27(6-4-12)9-19(20,21)22/h8,12,14-15,23H,3-7,9H2,1-2H3,(H,24,26,28). The minimum Gasteiger partial charge on any atom is -0.310 e. The zero-order valence-electron chi connectivity index (χ0n) is 16.8. The van der Waals surface area contributed by atoms with E-state index in [0.29, 0.717) is 35.7 Å². The largest absolute Gasteiger partial charge is 0.401 e. The van der Waals surface area contributed by atoms with Crippen molar-refractivity contribution in [3.8, 4) is 0 Å². The molecular weight excluding hydrogens is 435 g/mol. The summed E-state index contributed by atoms with van der Waals surface area (Å²) in [5, 5.41) is 15.5. The van der Waals surface area contributed by atoms with Crippen LogP contribution in [0.4, 0.5) is 18.3 Å². The molecule has 2 aromatic heterocycles. The topological polar surface area (TPSA) is 70.1 Å². The number of likely N-dealkylation sites (tertiary alicyclic amines) is 1. The quantitative estimate of drug-likeness (QED) is 0.685. The zero-order valence-corrected chi connectivity index (χ0v) is 18.4. The lowest BCUT2D eigenvalue weighted by Crippen LogP contribution is -2.46. The molecule has 30 heavy (non-hydrogen) atoms. The van der Waals surface area contributed by atoms with Gasteiger partial charge in [0.1, 0.15) is 5.01 Å². The third-order valence-electron chi connectivity index (χ3n) is 5.52. The monoisotopic (exact) mass is 459 g/mol. The molecule has 164 valence electrons. The Morgan fingerprint density at radius 3 is 2.60 bits per heavy atom. The maximum absolute atomic E-state index is 12.6. The Morgan fingerprint density at radius 1 is 1.23 bits per heavy atom. The number of amides is 1. The number of carbonyl (C=O) groups is 1. The van der Waals surface area contributed by atoms with E-state index >= 15 is 0 Å². The molecule has 2 fully saturated rings. The molecule has 1 saturated heterocycles. The molecule has 2 aliphatic rings. The minimum atomic E-state index is -4.13. The molecule has 2 N–H and O–H groups in total. The zero-order chi connectivity index (χ0) is 21.5. The van der Waals surface area contributed by atoms with Crippen LogP contribution < -0.4 is 10.6 Å². The number of rotatable bonds is 6. The summed E-state index contributed by atoms with van der Waals surface area (Å²) in [4.78, 5) is 16.2. The van der Waals surface area contributed by atoms with E-state index in [-0.39, 0.29) is 11.9 Å². The Kier molecular flexibility index (Phi) is 6.16. The molecule has 0 bridgehead atoms. The van der Waals surface area contributed by atoms with Gasteiger partial charge in [0.2, 0.25) is 5.13 Å². The van der Waals surface area contributed by atoms with Crippen LogP contribution in [0.25, 0.3) is 0 Å². The first-order chi connectivity index (χ1) is 14.2. The van der Waals surface area contributed by atoms with E-state index in [9.17, 15) is 18.0 Å². The Bertz CT molecular complexity index is 904. The fraction of sp³-hybridized carbons (Fsp3) is 0.632. The second-order valence-corrected chi connectivity index (χ2v) is 10.4. The lowest BCUT2D eigenvalue weighted by Gasteiger charge is -2.33. The molecule has 1 saturated carbocycles.